The molecule has 0 aliphatic heterocycles. The predicted molar refractivity (Wildman–Crippen MR) is 264 cm³/mol. The van der Waals surface area contributed by atoms with E-state index in [-0.39, 0.29) is 0 Å². The van der Waals surface area contributed by atoms with Crippen LogP contribution in [0.1, 0.15) is 0 Å². The Hall–Kier alpha value is -8.40. The normalized spacial score (nSPS) is 11.5. The van der Waals surface area contributed by atoms with Crippen LogP contribution >= 0.6 is 0 Å². The van der Waals surface area contributed by atoms with Crippen molar-refractivity contribution in [2.45, 2.75) is 0 Å². The molecule has 0 amide bonds. The maximum absolute atomic E-state index is 6.25. The third-order valence-corrected chi connectivity index (χ3v) is 12.4. The molecule has 0 fully saturated rings. The monoisotopic (exact) mass is 804 g/mol. The van der Waals surface area contributed by atoms with Crippen LogP contribution in [-0.4, -0.2) is 4.57 Å². The van der Waals surface area contributed by atoms with Gasteiger partial charge in [0.05, 0.1) is 11.0 Å². The number of nitrogens with zero attached hydrogens (tertiary/aromatic N) is 2. The van der Waals surface area contributed by atoms with Gasteiger partial charge >= 0.3 is 0 Å². The zero-order valence-electron chi connectivity index (χ0n) is 34.4. The minimum absolute atomic E-state index is 0.898. The maximum Gasteiger partial charge on any atom is 0.136 e. The van der Waals surface area contributed by atoms with Crippen molar-refractivity contribution in [2.75, 3.05) is 4.90 Å². The van der Waals surface area contributed by atoms with Crippen LogP contribution in [0.5, 0.6) is 0 Å². The molecule has 0 unspecified atom stereocenters. The molecule has 3 heteroatoms. The van der Waals surface area contributed by atoms with Crippen LogP contribution in [-0.2, 0) is 0 Å². The number of rotatable bonds is 8. The molecule has 12 rings (SSSR count). The van der Waals surface area contributed by atoms with Crippen LogP contribution in [0, 0.1) is 0 Å². The molecule has 10 aromatic carbocycles. The lowest BCUT2D eigenvalue weighted by atomic mass is 9.98. The van der Waals surface area contributed by atoms with Crippen molar-refractivity contribution < 1.29 is 4.42 Å². The number of furan rings is 1. The molecule has 296 valence electrons. The van der Waals surface area contributed by atoms with Gasteiger partial charge in [-0.15, -0.1) is 0 Å². The van der Waals surface area contributed by atoms with E-state index in [0.717, 1.165) is 55.8 Å². The Balaban J connectivity index is 0.913. The zero-order chi connectivity index (χ0) is 41.7. The summed E-state index contributed by atoms with van der Waals surface area (Å²) in [6, 6.07) is 87.1. The summed E-state index contributed by atoms with van der Waals surface area (Å²) in [6.07, 6.45) is 0. The molecular weight excluding hydrogens is 765 g/mol. The number of anilines is 3. The van der Waals surface area contributed by atoms with Crippen LogP contribution in [0.4, 0.5) is 17.1 Å². The van der Waals surface area contributed by atoms with Crippen molar-refractivity contribution in [1.82, 2.24) is 4.57 Å². The Kier molecular flexibility index (Phi) is 8.83. The minimum atomic E-state index is 0.898. The lowest BCUT2D eigenvalue weighted by Crippen LogP contribution is -2.09. The first-order valence-corrected chi connectivity index (χ1v) is 21.5. The van der Waals surface area contributed by atoms with Crippen molar-refractivity contribution in [2.24, 2.45) is 0 Å². The summed E-state index contributed by atoms with van der Waals surface area (Å²) in [7, 11) is 0. The Morgan fingerprint density at radius 3 is 1.37 bits per heavy atom. The lowest BCUT2D eigenvalue weighted by Gasteiger charge is -2.26. The van der Waals surface area contributed by atoms with E-state index in [9.17, 15) is 0 Å². The number of aromatic nitrogens is 1. The molecule has 0 saturated carbocycles. The van der Waals surface area contributed by atoms with Gasteiger partial charge < -0.3 is 13.9 Å². The fourth-order valence-corrected chi connectivity index (χ4v) is 9.28. The van der Waals surface area contributed by atoms with E-state index >= 15 is 0 Å². The van der Waals surface area contributed by atoms with E-state index in [1.165, 1.54) is 55.2 Å². The largest absolute Gasteiger partial charge is 0.456 e. The molecule has 0 radical (unpaired) electrons. The second-order valence-electron chi connectivity index (χ2n) is 16.2. The first kappa shape index (κ1) is 36.5. The lowest BCUT2D eigenvalue weighted by molar-refractivity contribution is 0.669. The molecule has 0 spiro atoms. The van der Waals surface area contributed by atoms with Gasteiger partial charge in [0.25, 0.3) is 0 Å². The van der Waals surface area contributed by atoms with Crippen molar-refractivity contribution in [3.05, 3.63) is 243 Å². The van der Waals surface area contributed by atoms with E-state index in [2.05, 4.69) is 240 Å². The highest BCUT2D eigenvalue weighted by Gasteiger charge is 2.17. The van der Waals surface area contributed by atoms with Gasteiger partial charge in [0, 0.05) is 44.3 Å². The number of hydrogen-bond acceptors (Lipinski definition) is 2. The number of hydrogen-bond donors (Lipinski definition) is 0. The molecule has 2 aromatic heterocycles. The Bertz CT molecular complexity index is 3580. The molecule has 0 bridgehead atoms. The summed E-state index contributed by atoms with van der Waals surface area (Å²) in [4.78, 5) is 2.34. The van der Waals surface area contributed by atoms with Gasteiger partial charge in [-0.05, 0) is 136 Å². The molecule has 0 atom stereocenters. The van der Waals surface area contributed by atoms with E-state index in [4.69, 9.17) is 4.42 Å². The Morgan fingerprint density at radius 1 is 0.270 bits per heavy atom. The molecule has 3 nitrogen and oxygen atoms in total. The average molecular weight is 805 g/mol. The maximum atomic E-state index is 6.25. The van der Waals surface area contributed by atoms with Crippen LogP contribution in [0.25, 0.3) is 93.9 Å². The van der Waals surface area contributed by atoms with Crippen molar-refractivity contribution >= 4 is 60.8 Å². The summed E-state index contributed by atoms with van der Waals surface area (Å²) in [5.41, 5.74) is 18.0. The number of benzene rings is 10. The molecular formula is C60H40N2O. The second-order valence-corrected chi connectivity index (χ2v) is 16.2. The standard InChI is InChI=1S/C60H40N2O/c1-3-12-41(13-4-1)45-14-11-15-46(38-45)42-22-30-50(31-23-42)61(52-34-26-44(27-35-52)48-28-36-55-54-19-8-10-21-59(54)63-60(55)40-48)51-32-24-43(25-33-51)47-29-37-58-56(39-47)53-18-7-9-20-57(53)62(58)49-16-5-2-6-17-49/h1-40H. The molecule has 0 N–H and O–H groups in total. The highest BCUT2D eigenvalue weighted by atomic mass is 16.3. The van der Waals surface area contributed by atoms with Gasteiger partial charge in [0.15, 0.2) is 0 Å². The SMILES string of the molecule is c1ccc(-c2cccc(-c3ccc(N(c4ccc(-c5ccc6c(c5)oc5ccccc56)cc4)c4ccc(-c5ccc6c(c5)c5ccccc5n6-c5ccccc5)cc4)cc3)c2)cc1. The average Bonchev–Trinajstić information content (AvgIpc) is 3.90. The van der Waals surface area contributed by atoms with Crippen molar-refractivity contribution in [3.8, 4) is 50.2 Å². The third-order valence-electron chi connectivity index (χ3n) is 12.4. The molecule has 12 aromatic rings. The molecule has 63 heavy (non-hydrogen) atoms. The highest BCUT2D eigenvalue weighted by Crippen LogP contribution is 2.40. The van der Waals surface area contributed by atoms with Crippen molar-refractivity contribution in [1.29, 1.82) is 0 Å². The van der Waals surface area contributed by atoms with E-state index in [1.54, 1.807) is 0 Å². The minimum Gasteiger partial charge on any atom is -0.456 e. The van der Waals surface area contributed by atoms with E-state index < -0.39 is 0 Å². The van der Waals surface area contributed by atoms with Gasteiger partial charge in [0.1, 0.15) is 11.2 Å². The molecule has 2 heterocycles. The van der Waals surface area contributed by atoms with Gasteiger partial charge in [-0.25, -0.2) is 0 Å². The summed E-state index contributed by atoms with van der Waals surface area (Å²) < 4.78 is 8.62. The predicted octanol–water partition coefficient (Wildman–Crippen LogP) is 16.8. The van der Waals surface area contributed by atoms with E-state index in [0.29, 0.717) is 0 Å². The highest BCUT2D eigenvalue weighted by molar-refractivity contribution is 6.10. The third kappa shape index (κ3) is 6.55. The number of para-hydroxylation sites is 3. The van der Waals surface area contributed by atoms with Crippen LogP contribution in [0.3, 0.4) is 0 Å². The summed E-state index contributed by atoms with van der Waals surface area (Å²) in [5.74, 6) is 0. The van der Waals surface area contributed by atoms with Crippen LogP contribution in [0.2, 0.25) is 0 Å². The van der Waals surface area contributed by atoms with E-state index in [1.807, 2.05) is 12.1 Å². The Labute approximate surface area is 366 Å². The molecule has 0 saturated heterocycles. The van der Waals surface area contributed by atoms with Crippen LogP contribution < -0.4 is 4.90 Å². The molecule has 0 aliphatic rings. The fraction of sp³-hybridized carbons (Fsp3) is 0. The van der Waals surface area contributed by atoms with Crippen molar-refractivity contribution in [3.63, 3.8) is 0 Å². The number of fused-ring (bicyclic) bond motifs is 6. The second kappa shape index (κ2) is 15.3. The summed E-state index contributed by atoms with van der Waals surface area (Å²) in [5, 5.41) is 4.76. The van der Waals surface area contributed by atoms with Gasteiger partial charge in [0.2, 0.25) is 0 Å². The summed E-state index contributed by atoms with van der Waals surface area (Å²) in [6.45, 7) is 0. The van der Waals surface area contributed by atoms with Crippen LogP contribution in [0.15, 0.2) is 247 Å². The fourth-order valence-electron chi connectivity index (χ4n) is 9.28. The zero-order valence-corrected chi connectivity index (χ0v) is 34.4. The Morgan fingerprint density at radius 2 is 0.714 bits per heavy atom. The summed E-state index contributed by atoms with van der Waals surface area (Å²) >= 11 is 0. The van der Waals surface area contributed by atoms with Gasteiger partial charge in [-0.1, -0.05) is 152 Å². The molecule has 0 aliphatic carbocycles. The van der Waals surface area contributed by atoms with Gasteiger partial charge in [-0.2, -0.15) is 0 Å². The smallest absolute Gasteiger partial charge is 0.136 e. The quantitative estimate of drug-likeness (QED) is 0.153. The first-order valence-electron chi connectivity index (χ1n) is 21.5. The van der Waals surface area contributed by atoms with Gasteiger partial charge in [-0.3, -0.25) is 0 Å². The topological polar surface area (TPSA) is 21.3 Å². The first-order chi connectivity index (χ1) is 31.2.